The van der Waals surface area contributed by atoms with Crippen LogP contribution in [0.25, 0.3) is 0 Å². The van der Waals surface area contributed by atoms with Crippen LogP contribution in [0.3, 0.4) is 0 Å². The number of hydrogen-bond acceptors (Lipinski definition) is 2. The van der Waals surface area contributed by atoms with E-state index in [1.165, 1.54) is 11.1 Å². The number of fused-ring (bicyclic) bond motifs is 1. The minimum atomic E-state index is 0.139. The molecule has 2 nitrogen and oxygen atoms in total. The van der Waals surface area contributed by atoms with Crippen molar-refractivity contribution in [1.82, 2.24) is 0 Å². The third kappa shape index (κ3) is 1.31. The van der Waals surface area contributed by atoms with Gasteiger partial charge in [0.15, 0.2) is 0 Å². The Hall–Kier alpha value is -1.02. The van der Waals surface area contributed by atoms with Crippen LogP contribution in [-0.4, -0.2) is 6.61 Å². The molecule has 1 heterocycles. The van der Waals surface area contributed by atoms with Crippen LogP contribution >= 0.6 is 0 Å². The van der Waals surface area contributed by atoms with E-state index in [2.05, 4.69) is 19.9 Å². The third-order valence-electron chi connectivity index (χ3n) is 2.60. The lowest BCUT2D eigenvalue weighted by atomic mass is 9.86. The average Bonchev–Trinajstić information content (AvgIpc) is 2.42. The van der Waals surface area contributed by atoms with Crippen LogP contribution < -0.4 is 10.5 Å². The van der Waals surface area contributed by atoms with Crippen LogP contribution in [0.2, 0.25) is 0 Å². The molecule has 0 saturated heterocycles. The SMILES string of the molecule is CC1(C)COc2ccc(CN)cc21. The molecule has 0 saturated carbocycles. The van der Waals surface area contributed by atoms with Gasteiger partial charge in [0.2, 0.25) is 0 Å². The first-order valence-electron chi connectivity index (χ1n) is 4.60. The summed E-state index contributed by atoms with van der Waals surface area (Å²) < 4.78 is 5.57. The van der Waals surface area contributed by atoms with Gasteiger partial charge in [-0.25, -0.2) is 0 Å². The Balaban J connectivity index is 2.50. The predicted molar refractivity (Wildman–Crippen MR) is 52.9 cm³/mol. The standard InChI is InChI=1S/C11H15NO/c1-11(2)7-13-10-4-3-8(6-12)5-9(10)11/h3-5H,6-7,12H2,1-2H3. The summed E-state index contributed by atoms with van der Waals surface area (Å²) in [5.41, 5.74) is 8.20. The van der Waals surface area contributed by atoms with Crippen molar-refractivity contribution in [1.29, 1.82) is 0 Å². The van der Waals surface area contributed by atoms with Gasteiger partial charge in [0.05, 0.1) is 6.61 Å². The molecule has 13 heavy (non-hydrogen) atoms. The van der Waals surface area contributed by atoms with Gasteiger partial charge in [-0.3, -0.25) is 0 Å². The minimum absolute atomic E-state index is 0.139. The predicted octanol–water partition coefficient (Wildman–Crippen LogP) is 1.82. The molecule has 1 aromatic rings. The Bertz CT molecular complexity index is 331. The number of nitrogens with two attached hydrogens (primary N) is 1. The Morgan fingerprint density at radius 2 is 2.23 bits per heavy atom. The lowest BCUT2D eigenvalue weighted by Gasteiger charge is -2.15. The number of rotatable bonds is 1. The molecule has 0 aromatic heterocycles. The maximum absolute atomic E-state index is 5.59. The third-order valence-corrected chi connectivity index (χ3v) is 2.60. The van der Waals surface area contributed by atoms with Crippen LogP contribution in [0.4, 0.5) is 0 Å². The molecule has 0 bridgehead atoms. The van der Waals surface area contributed by atoms with Crippen LogP contribution in [0.1, 0.15) is 25.0 Å². The van der Waals surface area contributed by atoms with Crippen LogP contribution in [0.15, 0.2) is 18.2 Å². The monoisotopic (exact) mass is 177 g/mol. The average molecular weight is 177 g/mol. The fourth-order valence-corrected chi connectivity index (χ4v) is 1.69. The second kappa shape index (κ2) is 2.74. The number of hydrogen-bond donors (Lipinski definition) is 1. The summed E-state index contributed by atoms with van der Waals surface area (Å²) in [6, 6.07) is 6.20. The summed E-state index contributed by atoms with van der Waals surface area (Å²) in [7, 11) is 0. The van der Waals surface area contributed by atoms with Crippen molar-refractivity contribution in [2.45, 2.75) is 25.8 Å². The van der Waals surface area contributed by atoms with E-state index >= 15 is 0 Å². The topological polar surface area (TPSA) is 35.2 Å². The van der Waals surface area contributed by atoms with Gasteiger partial charge < -0.3 is 10.5 Å². The molecule has 0 amide bonds. The fraction of sp³-hybridized carbons (Fsp3) is 0.455. The highest BCUT2D eigenvalue weighted by Gasteiger charge is 2.31. The lowest BCUT2D eigenvalue weighted by Crippen LogP contribution is -2.18. The van der Waals surface area contributed by atoms with Crippen molar-refractivity contribution < 1.29 is 4.74 Å². The summed E-state index contributed by atoms with van der Waals surface area (Å²) in [5, 5.41) is 0. The van der Waals surface area contributed by atoms with Gasteiger partial charge in [0.25, 0.3) is 0 Å². The number of ether oxygens (including phenoxy) is 1. The maximum Gasteiger partial charge on any atom is 0.123 e. The maximum atomic E-state index is 5.59. The highest BCUT2D eigenvalue weighted by molar-refractivity contribution is 5.45. The van der Waals surface area contributed by atoms with Gasteiger partial charge in [0, 0.05) is 17.5 Å². The highest BCUT2D eigenvalue weighted by atomic mass is 16.5. The van der Waals surface area contributed by atoms with Gasteiger partial charge in [-0.15, -0.1) is 0 Å². The van der Waals surface area contributed by atoms with E-state index in [4.69, 9.17) is 10.5 Å². The zero-order chi connectivity index (χ0) is 9.47. The van der Waals surface area contributed by atoms with Gasteiger partial charge in [-0.1, -0.05) is 26.0 Å². The van der Waals surface area contributed by atoms with E-state index in [1.807, 2.05) is 12.1 Å². The molecule has 0 spiro atoms. The molecule has 2 N–H and O–H groups in total. The summed E-state index contributed by atoms with van der Waals surface area (Å²) in [4.78, 5) is 0. The van der Waals surface area contributed by atoms with Gasteiger partial charge in [0.1, 0.15) is 5.75 Å². The molecule has 0 fully saturated rings. The molecule has 1 aliphatic heterocycles. The van der Waals surface area contributed by atoms with Gasteiger partial charge in [-0.2, -0.15) is 0 Å². The first-order valence-corrected chi connectivity index (χ1v) is 4.60. The van der Waals surface area contributed by atoms with Crippen molar-refractivity contribution in [3.63, 3.8) is 0 Å². The van der Waals surface area contributed by atoms with E-state index < -0.39 is 0 Å². The second-order valence-corrected chi connectivity index (χ2v) is 4.21. The highest BCUT2D eigenvalue weighted by Crippen LogP contribution is 2.38. The lowest BCUT2D eigenvalue weighted by molar-refractivity contribution is 0.291. The van der Waals surface area contributed by atoms with Crippen LogP contribution in [-0.2, 0) is 12.0 Å². The molecule has 1 aromatic carbocycles. The van der Waals surface area contributed by atoms with E-state index in [9.17, 15) is 0 Å². The Kier molecular flexibility index (Phi) is 1.81. The molecule has 1 aliphatic rings. The zero-order valence-corrected chi connectivity index (χ0v) is 8.13. The van der Waals surface area contributed by atoms with E-state index in [-0.39, 0.29) is 5.41 Å². The first-order chi connectivity index (χ1) is 6.13. The van der Waals surface area contributed by atoms with Gasteiger partial charge in [-0.05, 0) is 11.6 Å². The van der Waals surface area contributed by atoms with Crippen molar-refractivity contribution in [3.05, 3.63) is 29.3 Å². The minimum Gasteiger partial charge on any atom is -0.492 e. The zero-order valence-electron chi connectivity index (χ0n) is 8.13. The molecule has 0 radical (unpaired) electrons. The Labute approximate surface area is 78.7 Å². The largest absolute Gasteiger partial charge is 0.492 e. The molecule has 0 atom stereocenters. The molecule has 2 heteroatoms. The Morgan fingerprint density at radius 1 is 1.46 bits per heavy atom. The molecule has 70 valence electrons. The van der Waals surface area contributed by atoms with Crippen molar-refractivity contribution in [2.75, 3.05) is 6.61 Å². The summed E-state index contributed by atoms with van der Waals surface area (Å²) in [6.07, 6.45) is 0. The van der Waals surface area contributed by atoms with Crippen molar-refractivity contribution in [2.24, 2.45) is 5.73 Å². The normalized spacial score (nSPS) is 18.1. The van der Waals surface area contributed by atoms with Crippen LogP contribution in [0.5, 0.6) is 5.75 Å². The summed E-state index contributed by atoms with van der Waals surface area (Å²) >= 11 is 0. The molecule has 2 rings (SSSR count). The van der Waals surface area contributed by atoms with E-state index in [0.717, 1.165) is 12.4 Å². The Morgan fingerprint density at radius 3 is 2.92 bits per heavy atom. The molecule has 0 aliphatic carbocycles. The molecular formula is C11H15NO. The van der Waals surface area contributed by atoms with Crippen LogP contribution in [0, 0.1) is 0 Å². The van der Waals surface area contributed by atoms with E-state index in [0.29, 0.717) is 6.54 Å². The first kappa shape index (κ1) is 8.57. The van der Waals surface area contributed by atoms with Crippen molar-refractivity contribution >= 4 is 0 Å². The second-order valence-electron chi connectivity index (χ2n) is 4.21. The summed E-state index contributed by atoms with van der Waals surface area (Å²) in [5.74, 6) is 1.02. The fourth-order valence-electron chi connectivity index (χ4n) is 1.69. The number of benzene rings is 1. The van der Waals surface area contributed by atoms with Crippen molar-refractivity contribution in [3.8, 4) is 5.75 Å². The smallest absolute Gasteiger partial charge is 0.123 e. The van der Waals surface area contributed by atoms with E-state index in [1.54, 1.807) is 0 Å². The molecular weight excluding hydrogens is 162 g/mol. The summed E-state index contributed by atoms with van der Waals surface area (Å²) in [6.45, 7) is 5.76. The van der Waals surface area contributed by atoms with Gasteiger partial charge >= 0.3 is 0 Å². The molecule has 0 unspecified atom stereocenters. The quantitative estimate of drug-likeness (QED) is 0.710.